The Balaban J connectivity index is 1.78. The summed E-state index contributed by atoms with van der Waals surface area (Å²) in [6.07, 6.45) is 0. The van der Waals surface area contributed by atoms with Crippen LogP contribution in [0.25, 0.3) is 28.1 Å². The molecule has 1 aromatic heterocycles. The van der Waals surface area contributed by atoms with Crippen LogP contribution in [0, 0.1) is 0 Å². The Morgan fingerprint density at radius 3 is 2.26 bits per heavy atom. The molecule has 31 heavy (non-hydrogen) atoms. The lowest BCUT2D eigenvalue weighted by Gasteiger charge is -2.38. The number of aromatic nitrogens is 2. The van der Waals surface area contributed by atoms with Crippen molar-refractivity contribution in [3.8, 4) is 17.1 Å². The van der Waals surface area contributed by atoms with Gasteiger partial charge in [-0.05, 0) is 57.4 Å². The van der Waals surface area contributed by atoms with Crippen molar-refractivity contribution < 1.29 is 14.8 Å². The van der Waals surface area contributed by atoms with Crippen LogP contribution in [0.5, 0.6) is 0 Å². The van der Waals surface area contributed by atoms with Crippen LogP contribution in [0.4, 0.5) is 0 Å². The molecule has 6 heteroatoms. The van der Waals surface area contributed by atoms with E-state index in [4.69, 9.17) is 9.64 Å². The van der Waals surface area contributed by atoms with Gasteiger partial charge in [0.2, 0.25) is 0 Å². The topological polar surface area (TPSA) is 67.5 Å². The number of fused-ring (bicyclic) bond motifs is 1. The SMILES string of the molecule is CC(C)(O)C(C)(C)OB(O)c1cccc(-c2nc3ccccc3n2-c2ccccc2)c1. The van der Waals surface area contributed by atoms with Crippen LogP contribution in [0.3, 0.4) is 0 Å². The molecule has 0 aliphatic heterocycles. The maximum Gasteiger partial charge on any atom is 0.491 e. The third-order valence-corrected chi connectivity index (χ3v) is 5.88. The summed E-state index contributed by atoms with van der Waals surface area (Å²) in [5.74, 6) is 0.781. The van der Waals surface area contributed by atoms with E-state index in [0.29, 0.717) is 5.46 Å². The van der Waals surface area contributed by atoms with Gasteiger partial charge in [-0.25, -0.2) is 4.98 Å². The molecule has 0 amide bonds. The second-order valence-corrected chi connectivity index (χ2v) is 8.76. The Bertz CT molecular complexity index is 1200. The molecular weight excluding hydrogens is 387 g/mol. The minimum absolute atomic E-state index is 0.599. The van der Waals surface area contributed by atoms with E-state index in [2.05, 4.69) is 4.57 Å². The Kier molecular flexibility index (Phi) is 5.48. The first-order valence-corrected chi connectivity index (χ1v) is 10.4. The summed E-state index contributed by atoms with van der Waals surface area (Å²) >= 11 is 0. The molecule has 0 saturated carbocycles. The molecular formula is C25H27BN2O3. The molecule has 4 rings (SSSR count). The highest BCUT2D eigenvalue weighted by Gasteiger charge is 2.39. The molecule has 0 atom stereocenters. The number of nitrogens with zero attached hydrogens (tertiary/aromatic N) is 2. The molecule has 5 nitrogen and oxygen atoms in total. The molecule has 158 valence electrons. The van der Waals surface area contributed by atoms with E-state index in [9.17, 15) is 10.1 Å². The minimum atomic E-state index is -1.18. The van der Waals surface area contributed by atoms with Gasteiger partial charge in [0.25, 0.3) is 0 Å². The molecule has 2 N–H and O–H groups in total. The van der Waals surface area contributed by atoms with Gasteiger partial charge in [0.05, 0.1) is 22.2 Å². The molecule has 0 radical (unpaired) electrons. The Morgan fingerprint density at radius 2 is 1.55 bits per heavy atom. The van der Waals surface area contributed by atoms with E-state index >= 15 is 0 Å². The lowest BCUT2D eigenvalue weighted by molar-refractivity contribution is -0.0982. The molecule has 0 bridgehead atoms. The van der Waals surface area contributed by atoms with Gasteiger partial charge in [0.15, 0.2) is 0 Å². The average Bonchev–Trinajstić information content (AvgIpc) is 3.13. The Labute approximate surface area is 183 Å². The zero-order chi connectivity index (χ0) is 22.2. The van der Waals surface area contributed by atoms with Crippen molar-refractivity contribution >= 4 is 23.6 Å². The van der Waals surface area contributed by atoms with Gasteiger partial charge < -0.3 is 14.8 Å². The quantitative estimate of drug-likeness (QED) is 0.469. The fourth-order valence-corrected chi connectivity index (χ4v) is 3.38. The first-order chi connectivity index (χ1) is 14.7. The van der Waals surface area contributed by atoms with Gasteiger partial charge in [-0.3, -0.25) is 4.57 Å². The van der Waals surface area contributed by atoms with Crippen LogP contribution < -0.4 is 5.46 Å². The van der Waals surface area contributed by atoms with Gasteiger partial charge in [-0.15, -0.1) is 0 Å². The van der Waals surface area contributed by atoms with E-state index in [-0.39, 0.29) is 0 Å². The third kappa shape index (κ3) is 4.15. The molecule has 0 unspecified atom stereocenters. The van der Waals surface area contributed by atoms with Crippen molar-refractivity contribution in [3.63, 3.8) is 0 Å². The normalized spacial score (nSPS) is 12.3. The van der Waals surface area contributed by atoms with Crippen LogP contribution in [0.1, 0.15) is 27.7 Å². The lowest BCUT2D eigenvalue weighted by atomic mass is 9.76. The molecule has 1 heterocycles. The van der Waals surface area contributed by atoms with E-state index in [1.54, 1.807) is 27.7 Å². The van der Waals surface area contributed by atoms with Crippen molar-refractivity contribution in [3.05, 3.63) is 78.9 Å². The highest BCUT2D eigenvalue weighted by Crippen LogP contribution is 2.29. The Hall–Kier alpha value is -2.93. The predicted octanol–water partition coefficient (Wildman–Crippen LogP) is 3.95. The standard InChI is InChI=1S/C25H27BN2O3/c1-24(2,29)25(3,4)31-26(30)19-12-10-11-18(17-19)23-27-21-15-8-9-16-22(21)28(23)20-13-6-5-7-14-20/h5-17,29-30H,1-4H3. The maximum atomic E-state index is 10.8. The van der Waals surface area contributed by atoms with Gasteiger partial charge in [0, 0.05) is 11.3 Å². The zero-order valence-electron chi connectivity index (χ0n) is 18.3. The third-order valence-electron chi connectivity index (χ3n) is 5.88. The number of aliphatic hydroxyl groups is 1. The fraction of sp³-hybridized carbons (Fsp3) is 0.240. The van der Waals surface area contributed by atoms with Crippen LogP contribution in [-0.2, 0) is 4.65 Å². The number of rotatable bonds is 6. The average molecular weight is 414 g/mol. The van der Waals surface area contributed by atoms with E-state index in [0.717, 1.165) is 28.1 Å². The number of para-hydroxylation sites is 3. The first-order valence-electron chi connectivity index (χ1n) is 10.4. The number of imidazole rings is 1. The molecule has 0 aliphatic rings. The number of benzene rings is 3. The van der Waals surface area contributed by atoms with Gasteiger partial charge in [0.1, 0.15) is 5.82 Å². The van der Waals surface area contributed by atoms with Crippen molar-refractivity contribution in [2.75, 3.05) is 0 Å². The van der Waals surface area contributed by atoms with Crippen molar-refractivity contribution in [1.82, 2.24) is 9.55 Å². The van der Waals surface area contributed by atoms with Crippen LogP contribution in [0.2, 0.25) is 0 Å². The van der Waals surface area contributed by atoms with Crippen LogP contribution in [-0.4, -0.2) is 38.0 Å². The zero-order valence-corrected chi connectivity index (χ0v) is 18.3. The second kappa shape index (κ2) is 7.96. The predicted molar refractivity (Wildman–Crippen MR) is 126 cm³/mol. The molecule has 3 aromatic carbocycles. The molecule has 4 aromatic rings. The summed E-state index contributed by atoms with van der Waals surface area (Å²) in [5, 5.41) is 21.1. The van der Waals surface area contributed by atoms with Crippen molar-refractivity contribution in [2.45, 2.75) is 38.9 Å². The molecule has 0 saturated heterocycles. The second-order valence-electron chi connectivity index (χ2n) is 8.76. The first kappa shape index (κ1) is 21.3. The summed E-state index contributed by atoms with van der Waals surface area (Å²) < 4.78 is 7.94. The molecule has 0 spiro atoms. The van der Waals surface area contributed by atoms with Crippen molar-refractivity contribution in [2.24, 2.45) is 0 Å². The number of hydrogen-bond acceptors (Lipinski definition) is 4. The maximum absolute atomic E-state index is 10.8. The van der Waals surface area contributed by atoms with Crippen molar-refractivity contribution in [1.29, 1.82) is 0 Å². The summed E-state index contributed by atoms with van der Waals surface area (Å²) in [6.45, 7) is 6.85. The highest BCUT2D eigenvalue weighted by molar-refractivity contribution is 6.60. The minimum Gasteiger partial charge on any atom is -0.423 e. The smallest absolute Gasteiger partial charge is 0.423 e. The lowest BCUT2D eigenvalue weighted by Crippen LogP contribution is -2.53. The van der Waals surface area contributed by atoms with Crippen LogP contribution >= 0.6 is 0 Å². The van der Waals surface area contributed by atoms with Gasteiger partial charge in [-0.1, -0.05) is 54.6 Å². The fourth-order valence-electron chi connectivity index (χ4n) is 3.38. The van der Waals surface area contributed by atoms with Crippen LogP contribution in [0.15, 0.2) is 78.9 Å². The largest absolute Gasteiger partial charge is 0.491 e. The summed E-state index contributed by atoms with van der Waals surface area (Å²) in [7, 11) is -1.18. The molecule has 0 fully saturated rings. The van der Waals surface area contributed by atoms with E-state index in [1.807, 2.05) is 78.9 Å². The summed E-state index contributed by atoms with van der Waals surface area (Å²) in [6, 6.07) is 25.6. The number of hydrogen-bond donors (Lipinski definition) is 2. The Morgan fingerprint density at radius 1 is 0.871 bits per heavy atom. The monoisotopic (exact) mass is 414 g/mol. The van der Waals surface area contributed by atoms with E-state index in [1.165, 1.54) is 0 Å². The van der Waals surface area contributed by atoms with E-state index < -0.39 is 18.3 Å². The van der Waals surface area contributed by atoms with Gasteiger partial charge >= 0.3 is 7.12 Å². The summed E-state index contributed by atoms with van der Waals surface area (Å²) in [4.78, 5) is 4.87. The highest BCUT2D eigenvalue weighted by atomic mass is 16.5. The summed E-state index contributed by atoms with van der Waals surface area (Å²) in [5.41, 5.74) is 2.31. The molecule has 0 aliphatic carbocycles. The van der Waals surface area contributed by atoms with Gasteiger partial charge in [-0.2, -0.15) is 0 Å².